The Labute approximate surface area is 149 Å². The van der Waals surface area contributed by atoms with Crippen LogP contribution in [0.4, 0.5) is 5.82 Å². The van der Waals surface area contributed by atoms with Crippen LogP contribution < -0.4 is 10.1 Å². The lowest BCUT2D eigenvalue weighted by Crippen LogP contribution is -2.36. The Kier molecular flexibility index (Phi) is 4.27. The summed E-state index contributed by atoms with van der Waals surface area (Å²) in [6.45, 7) is 2.07. The van der Waals surface area contributed by atoms with Crippen molar-refractivity contribution in [3.8, 4) is 5.88 Å². The van der Waals surface area contributed by atoms with E-state index in [2.05, 4.69) is 33.3 Å². The summed E-state index contributed by atoms with van der Waals surface area (Å²) < 4.78 is 5.15. The number of nitrogens with one attached hydrogen (secondary N) is 1. The number of hydrogen-bond donors (Lipinski definition) is 2. The van der Waals surface area contributed by atoms with Gasteiger partial charge < -0.3 is 15.2 Å². The maximum Gasteiger partial charge on any atom is 0.212 e. The first-order valence-corrected chi connectivity index (χ1v) is 9.11. The zero-order chi connectivity index (χ0) is 17.4. The number of rotatable bonds is 5. The van der Waals surface area contributed by atoms with Gasteiger partial charge in [0.25, 0.3) is 0 Å². The van der Waals surface area contributed by atoms with E-state index in [-0.39, 0.29) is 12.1 Å². The second-order valence-corrected chi connectivity index (χ2v) is 7.67. The number of aryl methyl sites for hydroxylation is 1. The highest BCUT2D eigenvalue weighted by molar-refractivity contribution is 7.18. The highest BCUT2D eigenvalue weighted by Crippen LogP contribution is 2.41. The first-order valence-electron chi connectivity index (χ1n) is 8.29. The highest BCUT2D eigenvalue weighted by atomic mass is 32.1. The van der Waals surface area contributed by atoms with E-state index in [4.69, 9.17) is 4.74 Å². The Morgan fingerprint density at radius 1 is 1.28 bits per heavy atom. The van der Waals surface area contributed by atoms with E-state index in [1.807, 2.05) is 18.3 Å². The quantitative estimate of drug-likeness (QED) is 0.730. The summed E-state index contributed by atoms with van der Waals surface area (Å²) in [7, 11) is 1.61. The third kappa shape index (κ3) is 3.17. The maximum absolute atomic E-state index is 9.75. The van der Waals surface area contributed by atoms with Gasteiger partial charge in [0.15, 0.2) is 0 Å². The molecule has 0 spiro atoms. The van der Waals surface area contributed by atoms with Crippen LogP contribution in [0.1, 0.15) is 29.3 Å². The summed E-state index contributed by atoms with van der Waals surface area (Å²) in [5, 5.41) is 14.4. The molecule has 0 radical (unpaired) electrons. The number of thiophene rings is 1. The van der Waals surface area contributed by atoms with E-state index in [9.17, 15) is 5.11 Å². The van der Waals surface area contributed by atoms with Crippen molar-refractivity contribution in [3.63, 3.8) is 0 Å². The number of aromatic nitrogens is 3. The average Bonchev–Trinajstić information content (AvgIpc) is 2.98. The minimum absolute atomic E-state index is 0.0418. The number of anilines is 1. The normalized spacial score (nSPS) is 20.9. The third-order valence-electron chi connectivity index (χ3n) is 4.69. The van der Waals surface area contributed by atoms with E-state index in [1.54, 1.807) is 24.8 Å². The van der Waals surface area contributed by atoms with Crippen LogP contribution in [-0.2, 0) is 0 Å². The summed E-state index contributed by atoms with van der Waals surface area (Å²) in [5.74, 6) is 1.76. The van der Waals surface area contributed by atoms with E-state index in [1.165, 1.54) is 4.88 Å². The minimum Gasteiger partial charge on any atom is -0.481 e. The molecule has 0 amide bonds. The van der Waals surface area contributed by atoms with Crippen LogP contribution in [0.3, 0.4) is 0 Å². The van der Waals surface area contributed by atoms with Crippen molar-refractivity contribution in [3.05, 3.63) is 41.2 Å². The molecule has 1 aliphatic carbocycles. The molecule has 3 heterocycles. The van der Waals surface area contributed by atoms with Gasteiger partial charge in [0.1, 0.15) is 17.0 Å². The van der Waals surface area contributed by atoms with Gasteiger partial charge in [-0.15, -0.1) is 11.3 Å². The van der Waals surface area contributed by atoms with Crippen molar-refractivity contribution in [2.24, 2.45) is 5.92 Å². The van der Waals surface area contributed by atoms with Crippen molar-refractivity contribution < 1.29 is 9.84 Å². The van der Waals surface area contributed by atoms with Crippen molar-refractivity contribution in [2.45, 2.75) is 31.9 Å². The minimum atomic E-state index is -0.214. The first kappa shape index (κ1) is 16.2. The molecular weight excluding hydrogens is 336 g/mol. The van der Waals surface area contributed by atoms with Crippen LogP contribution in [0, 0.1) is 12.8 Å². The summed E-state index contributed by atoms with van der Waals surface area (Å²) in [4.78, 5) is 15.3. The molecular formula is C18H20N4O2S. The summed E-state index contributed by atoms with van der Waals surface area (Å²) >= 11 is 1.66. The fraction of sp³-hybridized carbons (Fsp3) is 0.389. The number of aliphatic hydroxyl groups excluding tert-OH is 1. The van der Waals surface area contributed by atoms with Crippen molar-refractivity contribution in [1.82, 2.24) is 15.0 Å². The van der Waals surface area contributed by atoms with Crippen LogP contribution in [-0.4, -0.2) is 33.3 Å². The molecule has 2 N–H and O–H groups in total. The lowest BCUT2D eigenvalue weighted by atomic mass is 9.75. The van der Waals surface area contributed by atoms with E-state index < -0.39 is 0 Å². The Morgan fingerprint density at radius 2 is 2.12 bits per heavy atom. The largest absolute Gasteiger partial charge is 0.481 e. The molecule has 3 aromatic rings. The smallest absolute Gasteiger partial charge is 0.212 e. The van der Waals surface area contributed by atoms with Gasteiger partial charge in [0.05, 0.1) is 24.6 Å². The first-order chi connectivity index (χ1) is 12.1. The molecule has 6 nitrogen and oxygen atoms in total. The Balaban J connectivity index is 1.67. The van der Waals surface area contributed by atoms with E-state index >= 15 is 0 Å². The molecule has 0 saturated heterocycles. The molecule has 4 rings (SSSR count). The van der Waals surface area contributed by atoms with Gasteiger partial charge >= 0.3 is 0 Å². The number of fused-ring (bicyclic) bond motifs is 1. The predicted molar refractivity (Wildman–Crippen MR) is 98.0 cm³/mol. The monoisotopic (exact) mass is 356 g/mol. The fourth-order valence-corrected chi connectivity index (χ4v) is 4.16. The van der Waals surface area contributed by atoms with Crippen LogP contribution >= 0.6 is 11.3 Å². The van der Waals surface area contributed by atoms with Crippen LogP contribution in [0.5, 0.6) is 5.88 Å². The van der Waals surface area contributed by atoms with Gasteiger partial charge in [-0.1, -0.05) is 6.07 Å². The van der Waals surface area contributed by atoms with Crippen LogP contribution in [0.15, 0.2) is 30.7 Å². The number of pyridine rings is 1. The van der Waals surface area contributed by atoms with E-state index in [0.717, 1.165) is 34.4 Å². The van der Waals surface area contributed by atoms with Gasteiger partial charge in [-0.3, -0.25) is 0 Å². The molecule has 0 bridgehead atoms. The maximum atomic E-state index is 9.75. The molecule has 1 saturated carbocycles. The number of aliphatic hydroxyl groups is 1. The van der Waals surface area contributed by atoms with Gasteiger partial charge in [0.2, 0.25) is 5.88 Å². The van der Waals surface area contributed by atoms with E-state index in [0.29, 0.717) is 11.8 Å². The SMILES string of the molecule is COc1ccc([C@H](Nc2ncnc3sc(C)cc23)C2CC(O)C2)cn1. The number of nitrogens with zero attached hydrogens (tertiary/aromatic N) is 3. The molecule has 0 aromatic carbocycles. The van der Waals surface area contributed by atoms with Crippen molar-refractivity contribution >= 4 is 27.4 Å². The van der Waals surface area contributed by atoms with Gasteiger partial charge in [-0.2, -0.15) is 0 Å². The second-order valence-electron chi connectivity index (χ2n) is 6.44. The third-order valence-corrected chi connectivity index (χ3v) is 5.65. The second kappa shape index (κ2) is 6.57. The van der Waals surface area contributed by atoms with Crippen LogP contribution in [0.2, 0.25) is 0 Å². The molecule has 1 fully saturated rings. The zero-order valence-corrected chi connectivity index (χ0v) is 15.0. The summed E-state index contributed by atoms with van der Waals surface area (Å²) in [6, 6.07) is 6.04. The fourth-order valence-electron chi connectivity index (χ4n) is 3.31. The molecule has 1 atom stereocenters. The number of methoxy groups -OCH3 is 1. The van der Waals surface area contributed by atoms with Gasteiger partial charge in [0, 0.05) is 17.1 Å². The Bertz CT molecular complexity index is 874. The Morgan fingerprint density at radius 3 is 2.80 bits per heavy atom. The molecule has 130 valence electrons. The molecule has 3 aromatic heterocycles. The predicted octanol–water partition coefficient (Wildman–Crippen LogP) is 3.33. The number of hydrogen-bond acceptors (Lipinski definition) is 7. The van der Waals surface area contributed by atoms with Crippen molar-refractivity contribution in [2.75, 3.05) is 12.4 Å². The molecule has 7 heteroatoms. The lowest BCUT2D eigenvalue weighted by Gasteiger charge is -2.38. The molecule has 25 heavy (non-hydrogen) atoms. The highest BCUT2D eigenvalue weighted by Gasteiger charge is 2.35. The lowest BCUT2D eigenvalue weighted by molar-refractivity contribution is 0.0339. The number of ether oxygens (including phenoxy) is 1. The van der Waals surface area contributed by atoms with Gasteiger partial charge in [-0.05, 0) is 37.3 Å². The molecule has 0 unspecified atom stereocenters. The standard InChI is InChI=1S/C18H20N4O2S/c1-10-5-14-17(20-9-21-18(14)25-10)22-16(12-6-13(23)7-12)11-3-4-15(24-2)19-8-11/h3-5,8-9,12-13,16,23H,6-7H2,1-2H3,(H,20,21,22)/t12?,13?,16-/m0/s1. The molecule has 0 aliphatic heterocycles. The van der Waals surface area contributed by atoms with Crippen LogP contribution in [0.25, 0.3) is 10.2 Å². The summed E-state index contributed by atoms with van der Waals surface area (Å²) in [5.41, 5.74) is 1.07. The van der Waals surface area contributed by atoms with Crippen molar-refractivity contribution in [1.29, 1.82) is 0 Å². The summed E-state index contributed by atoms with van der Waals surface area (Å²) in [6.07, 6.45) is 4.77. The molecule has 1 aliphatic rings. The average molecular weight is 356 g/mol. The van der Waals surface area contributed by atoms with Gasteiger partial charge in [-0.25, -0.2) is 15.0 Å². The Hall–Kier alpha value is -2.25. The topological polar surface area (TPSA) is 80.2 Å². The zero-order valence-electron chi connectivity index (χ0n) is 14.1.